The highest BCUT2D eigenvalue weighted by molar-refractivity contribution is 5.81. The zero-order valence-electron chi connectivity index (χ0n) is 16.4. The molecule has 3 aromatic rings. The molecule has 1 aliphatic rings. The maximum absolute atomic E-state index is 13.0. The van der Waals surface area contributed by atoms with Gasteiger partial charge in [-0.3, -0.25) is 14.5 Å². The van der Waals surface area contributed by atoms with E-state index in [9.17, 15) is 14.4 Å². The third-order valence-electron chi connectivity index (χ3n) is 5.51. The van der Waals surface area contributed by atoms with Gasteiger partial charge in [0.25, 0.3) is 5.56 Å². The fourth-order valence-corrected chi connectivity index (χ4v) is 3.87. The Morgan fingerprint density at radius 3 is 2.34 bits per heavy atom. The molecule has 0 spiro atoms. The number of rotatable bonds is 4. The zero-order chi connectivity index (χ0) is 20.4. The molecule has 7 heteroatoms. The van der Waals surface area contributed by atoms with E-state index < -0.39 is 17.3 Å². The Kier molecular flexibility index (Phi) is 5.31. The van der Waals surface area contributed by atoms with Gasteiger partial charge in [-0.1, -0.05) is 42.5 Å². The summed E-state index contributed by atoms with van der Waals surface area (Å²) in [4.78, 5) is 45.0. The predicted molar refractivity (Wildman–Crippen MR) is 112 cm³/mol. The van der Waals surface area contributed by atoms with Gasteiger partial charge in [0.2, 0.25) is 5.91 Å². The van der Waals surface area contributed by atoms with Crippen LogP contribution in [0.4, 0.5) is 0 Å². The van der Waals surface area contributed by atoms with Crippen LogP contribution in [0, 0.1) is 0 Å². The summed E-state index contributed by atoms with van der Waals surface area (Å²) in [5.74, 6) is -0.202. The number of aromatic nitrogens is 2. The summed E-state index contributed by atoms with van der Waals surface area (Å²) in [7, 11) is 0. The van der Waals surface area contributed by atoms with Crippen LogP contribution in [0.5, 0.6) is 0 Å². The number of carbonyl (C=O) groups is 1. The molecule has 2 heterocycles. The molecular formula is C22H24N4O3. The lowest BCUT2D eigenvalue weighted by molar-refractivity contribution is -0.136. The maximum atomic E-state index is 13.0. The molecule has 1 aromatic heterocycles. The first-order chi connectivity index (χ1) is 14.0. The maximum Gasteiger partial charge on any atom is 0.329 e. The van der Waals surface area contributed by atoms with Crippen molar-refractivity contribution >= 4 is 16.8 Å². The molecule has 1 aliphatic heterocycles. The van der Waals surface area contributed by atoms with Gasteiger partial charge in [0.05, 0.1) is 10.9 Å². The molecular weight excluding hydrogens is 368 g/mol. The monoisotopic (exact) mass is 392 g/mol. The Bertz CT molecular complexity index is 1130. The van der Waals surface area contributed by atoms with Crippen molar-refractivity contribution in [2.75, 3.05) is 26.2 Å². The largest absolute Gasteiger partial charge is 0.338 e. The summed E-state index contributed by atoms with van der Waals surface area (Å²) in [5.41, 5.74) is 0.730. The van der Waals surface area contributed by atoms with Crippen molar-refractivity contribution in [3.63, 3.8) is 0 Å². The van der Waals surface area contributed by atoms with Crippen LogP contribution < -0.4 is 11.2 Å². The fourth-order valence-electron chi connectivity index (χ4n) is 3.87. The van der Waals surface area contributed by atoms with Crippen molar-refractivity contribution in [3.8, 4) is 0 Å². The minimum atomic E-state index is -0.850. The molecule has 1 fully saturated rings. The number of H-pyrrole nitrogens is 1. The number of carbonyl (C=O) groups excluding carboxylic acids is 1. The molecule has 0 aliphatic carbocycles. The lowest BCUT2D eigenvalue weighted by Crippen LogP contribution is -2.52. The highest BCUT2D eigenvalue weighted by atomic mass is 16.2. The quantitative estimate of drug-likeness (QED) is 0.732. The Balaban J connectivity index is 1.47. The number of nitrogens with zero attached hydrogens (tertiary/aromatic N) is 3. The van der Waals surface area contributed by atoms with Crippen LogP contribution in [0.3, 0.4) is 0 Å². The Hall–Kier alpha value is -3.19. The van der Waals surface area contributed by atoms with E-state index in [1.807, 2.05) is 18.2 Å². The molecule has 29 heavy (non-hydrogen) atoms. The average molecular weight is 392 g/mol. The van der Waals surface area contributed by atoms with Crippen molar-refractivity contribution in [1.82, 2.24) is 19.4 Å². The van der Waals surface area contributed by atoms with Crippen molar-refractivity contribution in [2.24, 2.45) is 0 Å². The first-order valence-corrected chi connectivity index (χ1v) is 9.83. The predicted octanol–water partition coefficient (Wildman–Crippen LogP) is 1.60. The third kappa shape index (κ3) is 3.86. The smallest absolute Gasteiger partial charge is 0.329 e. The van der Waals surface area contributed by atoms with Gasteiger partial charge < -0.3 is 9.88 Å². The summed E-state index contributed by atoms with van der Waals surface area (Å²) < 4.78 is 1.03. The average Bonchev–Trinajstić information content (AvgIpc) is 2.74. The van der Waals surface area contributed by atoms with E-state index in [2.05, 4.69) is 22.0 Å². The van der Waals surface area contributed by atoms with E-state index in [0.717, 1.165) is 24.2 Å². The number of para-hydroxylation sites is 1. The normalized spacial score (nSPS) is 16.1. The molecule has 1 atom stereocenters. The van der Waals surface area contributed by atoms with Gasteiger partial charge in [-0.05, 0) is 24.6 Å². The Morgan fingerprint density at radius 1 is 0.966 bits per heavy atom. The van der Waals surface area contributed by atoms with E-state index in [4.69, 9.17) is 0 Å². The molecule has 2 aromatic carbocycles. The van der Waals surface area contributed by atoms with Crippen molar-refractivity contribution in [1.29, 1.82) is 0 Å². The second kappa shape index (κ2) is 8.05. The first-order valence-electron chi connectivity index (χ1n) is 9.83. The summed E-state index contributed by atoms with van der Waals surface area (Å²) in [6.45, 7) is 5.14. The summed E-state index contributed by atoms with van der Waals surface area (Å²) >= 11 is 0. The van der Waals surface area contributed by atoms with Gasteiger partial charge in [-0.2, -0.15) is 0 Å². The van der Waals surface area contributed by atoms with E-state index in [0.29, 0.717) is 24.0 Å². The number of nitrogens with one attached hydrogen (secondary N) is 1. The van der Waals surface area contributed by atoms with E-state index in [-0.39, 0.29) is 5.91 Å². The third-order valence-corrected chi connectivity index (χ3v) is 5.51. The number of hydrogen-bond acceptors (Lipinski definition) is 4. The molecule has 1 N–H and O–H groups in total. The number of hydrogen-bond donors (Lipinski definition) is 1. The van der Waals surface area contributed by atoms with Gasteiger partial charge in [0, 0.05) is 32.7 Å². The SMILES string of the molecule is C[C@H](C(=O)N1CCN(Cc2ccccc2)CC1)n1c(=O)[nH]c2ccccc2c1=O. The zero-order valence-corrected chi connectivity index (χ0v) is 16.4. The molecule has 1 amide bonds. The number of aromatic amines is 1. The molecule has 0 saturated carbocycles. The van der Waals surface area contributed by atoms with E-state index >= 15 is 0 Å². The van der Waals surface area contributed by atoms with Crippen LogP contribution in [-0.4, -0.2) is 51.4 Å². The molecule has 1 saturated heterocycles. The van der Waals surface area contributed by atoms with Crippen LogP contribution in [0.2, 0.25) is 0 Å². The number of fused-ring (bicyclic) bond motifs is 1. The second-order valence-electron chi connectivity index (χ2n) is 7.41. The van der Waals surface area contributed by atoms with Gasteiger partial charge in [-0.25, -0.2) is 9.36 Å². The van der Waals surface area contributed by atoms with Gasteiger partial charge in [0.1, 0.15) is 6.04 Å². The number of piperazine rings is 1. The molecule has 150 valence electrons. The highest BCUT2D eigenvalue weighted by Gasteiger charge is 2.28. The summed E-state index contributed by atoms with van der Waals surface area (Å²) in [5, 5.41) is 0.402. The minimum absolute atomic E-state index is 0.202. The van der Waals surface area contributed by atoms with E-state index in [1.165, 1.54) is 5.56 Å². The van der Waals surface area contributed by atoms with Crippen LogP contribution >= 0.6 is 0 Å². The van der Waals surface area contributed by atoms with E-state index in [1.54, 1.807) is 36.1 Å². The van der Waals surface area contributed by atoms with Gasteiger partial charge in [0.15, 0.2) is 0 Å². The number of amides is 1. The highest BCUT2D eigenvalue weighted by Crippen LogP contribution is 2.13. The molecule has 0 radical (unpaired) electrons. The van der Waals surface area contributed by atoms with Crippen molar-refractivity contribution < 1.29 is 4.79 Å². The summed E-state index contributed by atoms with van der Waals surface area (Å²) in [6.07, 6.45) is 0. The molecule has 0 bridgehead atoms. The molecule has 4 rings (SSSR count). The van der Waals surface area contributed by atoms with Gasteiger partial charge >= 0.3 is 5.69 Å². The topological polar surface area (TPSA) is 78.4 Å². The molecule has 0 unspecified atom stereocenters. The van der Waals surface area contributed by atoms with Crippen LogP contribution in [0.25, 0.3) is 10.9 Å². The van der Waals surface area contributed by atoms with Crippen molar-refractivity contribution in [3.05, 3.63) is 81.0 Å². The van der Waals surface area contributed by atoms with Crippen LogP contribution in [0.1, 0.15) is 18.5 Å². The Labute approximate surface area is 168 Å². The number of benzene rings is 2. The lowest BCUT2D eigenvalue weighted by Gasteiger charge is -2.36. The minimum Gasteiger partial charge on any atom is -0.338 e. The standard InChI is InChI=1S/C22H24N4O3/c1-16(26-21(28)18-9-5-6-10-19(18)23-22(26)29)20(27)25-13-11-24(12-14-25)15-17-7-3-2-4-8-17/h2-10,16H,11-15H2,1H3,(H,23,29)/t16-/m1/s1. The molecule has 7 nitrogen and oxygen atoms in total. The van der Waals surface area contributed by atoms with Crippen LogP contribution in [0.15, 0.2) is 64.2 Å². The van der Waals surface area contributed by atoms with Crippen LogP contribution in [-0.2, 0) is 11.3 Å². The second-order valence-corrected chi connectivity index (χ2v) is 7.41. The fraction of sp³-hybridized carbons (Fsp3) is 0.318. The summed E-state index contributed by atoms with van der Waals surface area (Å²) in [6, 6.07) is 16.2. The first kappa shape index (κ1) is 19.1. The Morgan fingerprint density at radius 2 is 1.62 bits per heavy atom. The van der Waals surface area contributed by atoms with Crippen molar-refractivity contribution in [2.45, 2.75) is 19.5 Å². The van der Waals surface area contributed by atoms with Gasteiger partial charge in [-0.15, -0.1) is 0 Å². The lowest BCUT2D eigenvalue weighted by atomic mass is 10.2.